The summed E-state index contributed by atoms with van der Waals surface area (Å²) in [5.74, 6) is 0. The van der Waals surface area contributed by atoms with Crippen molar-refractivity contribution < 1.29 is 0 Å². The van der Waals surface area contributed by atoms with Crippen molar-refractivity contribution in [2.24, 2.45) is 0 Å². The van der Waals surface area contributed by atoms with Crippen LogP contribution in [0.2, 0.25) is 0 Å². The molecule has 0 aliphatic rings. The summed E-state index contributed by atoms with van der Waals surface area (Å²) in [6.45, 7) is 6.89. The first-order chi connectivity index (χ1) is 6.07. The van der Waals surface area contributed by atoms with Crippen LogP contribution in [0.15, 0.2) is 30.3 Å². The molecule has 0 bridgehead atoms. The van der Waals surface area contributed by atoms with E-state index in [1.165, 1.54) is 5.39 Å². The molecule has 0 atom stereocenters. The average Bonchev–Trinajstić information content (AvgIpc) is 2.45. The SMILES string of the molecule is CC(C)(C)c1cc2ccccc2[se]1. The second-order valence-corrected chi connectivity index (χ2v) is 6.67. The predicted molar refractivity (Wildman–Crippen MR) is 59.6 cm³/mol. The topological polar surface area (TPSA) is 0 Å². The molecule has 1 aromatic heterocycles. The third-order valence-electron chi connectivity index (χ3n) is 2.16. The van der Waals surface area contributed by atoms with E-state index < -0.39 is 0 Å². The van der Waals surface area contributed by atoms with E-state index in [1.54, 1.807) is 8.70 Å². The molecule has 2 aromatic rings. The van der Waals surface area contributed by atoms with Crippen LogP contribution in [0.25, 0.3) is 9.65 Å². The van der Waals surface area contributed by atoms with E-state index in [0.717, 1.165) is 0 Å². The summed E-state index contributed by atoms with van der Waals surface area (Å²) in [6.07, 6.45) is 0. The summed E-state index contributed by atoms with van der Waals surface area (Å²) in [6, 6.07) is 11.1. The number of hydrogen-bond acceptors (Lipinski definition) is 0. The first-order valence-electron chi connectivity index (χ1n) is 4.56. The van der Waals surface area contributed by atoms with Crippen molar-refractivity contribution in [1.82, 2.24) is 0 Å². The number of benzene rings is 1. The standard InChI is InChI=1S/C12H14Se/c1-12(2,3)11-8-9-6-4-5-7-10(9)13-11/h4-8H,1-3H3. The third-order valence-corrected chi connectivity index (χ3v) is 5.40. The Morgan fingerprint density at radius 3 is 2.38 bits per heavy atom. The van der Waals surface area contributed by atoms with Crippen LogP contribution in [0.1, 0.15) is 25.2 Å². The minimum absolute atomic E-state index is 0.346. The van der Waals surface area contributed by atoms with Gasteiger partial charge in [-0.2, -0.15) is 0 Å². The molecule has 0 amide bonds. The van der Waals surface area contributed by atoms with E-state index in [2.05, 4.69) is 51.1 Å². The number of fused-ring (bicyclic) bond motifs is 1. The molecule has 0 aliphatic carbocycles. The summed E-state index contributed by atoms with van der Waals surface area (Å²) in [5, 5.41) is 1.44. The summed E-state index contributed by atoms with van der Waals surface area (Å²) >= 11 is 0.564. The fourth-order valence-corrected chi connectivity index (χ4v) is 3.70. The van der Waals surface area contributed by atoms with Crippen LogP contribution in [0.4, 0.5) is 0 Å². The summed E-state index contributed by atoms with van der Waals surface area (Å²) in [4.78, 5) is 0. The molecule has 1 aromatic carbocycles. The summed E-state index contributed by atoms with van der Waals surface area (Å²) in [7, 11) is 0. The van der Waals surface area contributed by atoms with Crippen LogP contribution >= 0.6 is 0 Å². The Balaban J connectivity index is 2.63. The van der Waals surface area contributed by atoms with E-state index in [-0.39, 0.29) is 0 Å². The summed E-state index contributed by atoms with van der Waals surface area (Å²) < 4.78 is 3.15. The van der Waals surface area contributed by atoms with Crippen molar-refractivity contribution in [1.29, 1.82) is 0 Å². The van der Waals surface area contributed by atoms with E-state index in [9.17, 15) is 0 Å². The molecule has 0 radical (unpaired) electrons. The van der Waals surface area contributed by atoms with E-state index >= 15 is 0 Å². The van der Waals surface area contributed by atoms with Gasteiger partial charge in [0.15, 0.2) is 0 Å². The van der Waals surface area contributed by atoms with Crippen LogP contribution in [0.3, 0.4) is 0 Å². The molecule has 1 heterocycles. The van der Waals surface area contributed by atoms with Gasteiger partial charge in [-0.05, 0) is 0 Å². The summed E-state index contributed by atoms with van der Waals surface area (Å²) in [5.41, 5.74) is 0.346. The van der Waals surface area contributed by atoms with Crippen molar-refractivity contribution in [3.05, 3.63) is 34.8 Å². The number of hydrogen-bond donors (Lipinski definition) is 0. The quantitative estimate of drug-likeness (QED) is 0.617. The first kappa shape index (κ1) is 9.05. The van der Waals surface area contributed by atoms with Gasteiger partial charge in [-0.3, -0.25) is 0 Å². The molecule has 0 unspecified atom stereocenters. The minimum atomic E-state index is 0.346. The van der Waals surface area contributed by atoms with E-state index in [0.29, 0.717) is 19.9 Å². The Morgan fingerprint density at radius 2 is 1.77 bits per heavy atom. The Labute approximate surface area is 85.3 Å². The molecule has 2 rings (SSSR count). The molecule has 0 fully saturated rings. The van der Waals surface area contributed by atoms with Crippen LogP contribution in [-0.2, 0) is 5.41 Å². The predicted octanol–water partition coefficient (Wildman–Crippen LogP) is 3.19. The molecular weight excluding hydrogens is 223 g/mol. The average molecular weight is 237 g/mol. The maximum atomic E-state index is 2.37. The molecule has 0 nitrogen and oxygen atoms in total. The molecule has 13 heavy (non-hydrogen) atoms. The van der Waals surface area contributed by atoms with Crippen LogP contribution in [-0.4, -0.2) is 14.5 Å². The van der Waals surface area contributed by atoms with Crippen molar-refractivity contribution >= 4 is 24.1 Å². The van der Waals surface area contributed by atoms with Crippen molar-refractivity contribution in [2.75, 3.05) is 0 Å². The fraction of sp³-hybridized carbons (Fsp3) is 0.333. The Bertz CT molecular complexity index is 385. The Kier molecular flexibility index (Phi) is 2.09. The Morgan fingerprint density at radius 1 is 1.08 bits per heavy atom. The zero-order valence-corrected chi connectivity index (χ0v) is 10.0. The zero-order valence-electron chi connectivity index (χ0n) is 8.29. The fourth-order valence-electron chi connectivity index (χ4n) is 1.35. The Hall–Kier alpha value is -0.521. The van der Waals surface area contributed by atoms with Crippen LogP contribution in [0.5, 0.6) is 0 Å². The first-order valence-corrected chi connectivity index (χ1v) is 6.28. The van der Waals surface area contributed by atoms with Gasteiger partial charge in [-0.15, -0.1) is 0 Å². The van der Waals surface area contributed by atoms with E-state index in [1.807, 2.05) is 0 Å². The van der Waals surface area contributed by atoms with Crippen molar-refractivity contribution in [3.63, 3.8) is 0 Å². The number of rotatable bonds is 0. The van der Waals surface area contributed by atoms with Gasteiger partial charge in [-0.25, -0.2) is 0 Å². The van der Waals surface area contributed by atoms with Gasteiger partial charge in [0.1, 0.15) is 0 Å². The molecule has 0 aliphatic heterocycles. The molecule has 0 N–H and O–H groups in total. The van der Waals surface area contributed by atoms with Gasteiger partial charge in [-0.1, -0.05) is 0 Å². The van der Waals surface area contributed by atoms with Crippen molar-refractivity contribution in [2.45, 2.75) is 26.2 Å². The van der Waals surface area contributed by atoms with Gasteiger partial charge in [0.05, 0.1) is 0 Å². The maximum absolute atomic E-state index is 2.37. The molecule has 1 heteroatoms. The van der Waals surface area contributed by atoms with Crippen molar-refractivity contribution in [3.8, 4) is 0 Å². The van der Waals surface area contributed by atoms with Crippen LogP contribution in [0, 0.1) is 0 Å². The normalized spacial score (nSPS) is 12.2. The molecule has 0 saturated heterocycles. The van der Waals surface area contributed by atoms with Crippen LogP contribution < -0.4 is 0 Å². The van der Waals surface area contributed by atoms with Gasteiger partial charge in [0.25, 0.3) is 0 Å². The molecule has 0 saturated carbocycles. The molecular formula is C12H14Se. The van der Waals surface area contributed by atoms with Gasteiger partial charge in [0.2, 0.25) is 0 Å². The van der Waals surface area contributed by atoms with Gasteiger partial charge < -0.3 is 0 Å². The van der Waals surface area contributed by atoms with Gasteiger partial charge >= 0.3 is 85.1 Å². The second-order valence-electron chi connectivity index (χ2n) is 4.40. The zero-order chi connectivity index (χ0) is 9.47. The van der Waals surface area contributed by atoms with E-state index in [4.69, 9.17) is 0 Å². The monoisotopic (exact) mass is 238 g/mol. The third kappa shape index (κ3) is 1.72. The molecule has 0 spiro atoms. The second kappa shape index (κ2) is 3.01. The molecule has 68 valence electrons. The van der Waals surface area contributed by atoms with Gasteiger partial charge in [0, 0.05) is 0 Å².